The van der Waals surface area contributed by atoms with Gasteiger partial charge < -0.3 is 10.2 Å². The molecular weight excluding hydrogens is 184 g/mol. The molecule has 0 bridgehead atoms. The number of hydrogen-bond acceptors (Lipinski definition) is 2. The van der Waals surface area contributed by atoms with Crippen LogP contribution in [0.2, 0.25) is 0 Å². The van der Waals surface area contributed by atoms with Crippen molar-refractivity contribution in [1.82, 2.24) is 10.2 Å². The predicted molar refractivity (Wildman–Crippen MR) is 67.3 cm³/mol. The number of hydrogen-bond donors (Lipinski definition) is 1. The maximum atomic E-state index is 3.66. The largest absolute Gasteiger partial charge is 0.313 e. The minimum absolute atomic E-state index is 0.749. The van der Waals surface area contributed by atoms with E-state index in [4.69, 9.17) is 0 Å². The summed E-state index contributed by atoms with van der Waals surface area (Å²) in [5.41, 5.74) is 0. The van der Waals surface area contributed by atoms with Crippen LogP contribution in [0, 0.1) is 0 Å². The maximum absolute atomic E-state index is 3.66. The van der Waals surface area contributed by atoms with Crippen molar-refractivity contribution in [2.75, 3.05) is 26.7 Å². The van der Waals surface area contributed by atoms with Gasteiger partial charge in [0.15, 0.2) is 0 Å². The van der Waals surface area contributed by atoms with Gasteiger partial charge in [-0.25, -0.2) is 0 Å². The van der Waals surface area contributed by atoms with Crippen LogP contribution < -0.4 is 5.32 Å². The van der Waals surface area contributed by atoms with Crippen molar-refractivity contribution in [3.63, 3.8) is 0 Å². The Labute approximate surface area is 95.4 Å². The van der Waals surface area contributed by atoms with Gasteiger partial charge in [0.05, 0.1) is 0 Å². The third kappa shape index (κ3) is 6.16. The number of rotatable bonds is 6. The molecular formula is C13H28N2. The molecule has 1 aliphatic heterocycles. The molecule has 2 nitrogen and oxygen atoms in total. The first-order valence-corrected chi connectivity index (χ1v) is 6.75. The van der Waals surface area contributed by atoms with Gasteiger partial charge in [-0.3, -0.25) is 0 Å². The van der Waals surface area contributed by atoms with Gasteiger partial charge in [0.25, 0.3) is 0 Å². The summed E-state index contributed by atoms with van der Waals surface area (Å²) in [6.45, 7) is 6.01. The molecule has 0 aromatic heterocycles. The molecule has 1 fully saturated rings. The monoisotopic (exact) mass is 212 g/mol. The average molecular weight is 212 g/mol. The molecule has 1 N–H and O–H groups in total. The van der Waals surface area contributed by atoms with Crippen LogP contribution >= 0.6 is 0 Å². The fourth-order valence-electron chi connectivity index (χ4n) is 2.36. The zero-order valence-electron chi connectivity index (χ0n) is 10.6. The molecule has 0 aromatic carbocycles. The van der Waals surface area contributed by atoms with E-state index in [0.717, 1.165) is 6.04 Å². The summed E-state index contributed by atoms with van der Waals surface area (Å²) in [6, 6.07) is 0.749. The van der Waals surface area contributed by atoms with Crippen LogP contribution in [0.15, 0.2) is 0 Å². The molecule has 1 saturated heterocycles. The SMILES string of the molecule is CCCCCN(C)CC1CCCCCN1. The molecule has 0 saturated carbocycles. The Morgan fingerprint density at radius 3 is 2.87 bits per heavy atom. The minimum atomic E-state index is 0.749. The third-order valence-corrected chi connectivity index (χ3v) is 3.34. The lowest BCUT2D eigenvalue weighted by atomic mass is 10.1. The minimum Gasteiger partial charge on any atom is -0.313 e. The highest BCUT2D eigenvalue weighted by atomic mass is 15.1. The van der Waals surface area contributed by atoms with Crippen molar-refractivity contribution in [3.05, 3.63) is 0 Å². The molecule has 0 amide bonds. The first-order valence-electron chi connectivity index (χ1n) is 6.75. The van der Waals surface area contributed by atoms with E-state index in [1.54, 1.807) is 0 Å². The molecule has 90 valence electrons. The van der Waals surface area contributed by atoms with Gasteiger partial charge in [-0.2, -0.15) is 0 Å². The molecule has 1 aliphatic rings. The van der Waals surface area contributed by atoms with Crippen LogP contribution in [0.3, 0.4) is 0 Å². The van der Waals surface area contributed by atoms with E-state index >= 15 is 0 Å². The number of nitrogens with zero attached hydrogens (tertiary/aromatic N) is 1. The molecule has 1 heterocycles. The van der Waals surface area contributed by atoms with Gasteiger partial charge in [-0.05, 0) is 39.4 Å². The Morgan fingerprint density at radius 1 is 1.20 bits per heavy atom. The van der Waals surface area contributed by atoms with E-state index in [9.17, 15) is 0 Å². The van der Waals surface area contributed by atoms with E-state index in [1.807, 2.05) is 0 Å². The first-order chi connectivity index (χ1) is 7.33. The van der Waals surface area contributed by atoms with Crippen LogP contribution in [0.25, 0.3) is 0 Å². The lowest BCUT2D eigenvalue weighted by molar-refractivity contribution is 0.280. The lowest BCUT2D eigenvalue weighted by Gasteiger charge is -2.23. The van der Waals surface area contributed by atoms with E-state index in [2.05, 4.69) is 24.2 Å². The van der Waals surface area contributed by atoms with Crippen molar-refractivity contribution in [1.29, 1.82) is 0 Å². The second kappa shape index (κ2) is 8.12. The van der Waals surface area contributed by atoms with Crippen molar-refractivity contribution in [2.24, 2.45) is 0 Å². The number of unbranched alkanes of at least 4 members (excludes halogenated alkanes) is 2. The summed E-state index contributed by atoms with van der Waals surface area (Å²) in [7, 11) is 2.27. The Hall–Kier alpha value is -0.0800. The van der Waals surface area contributed by atoms with Gasteiger partial charge in [-0.1, -0.05) is 32.6 Å². The fraction of sp³-hybridized carbons (Fsp3) is 1.00. The smallest absolute Gasteiger partial charge is 0.0194 e. The summed E-state index contributed by atoms with van der Waals surface area (Å²) in [4.78, 5) is 2.50. The molecule has 0 aliphatic carbocycles. The lowest BCUT2D eigenvalue weighted by Crippen LogP contribution is -2.39. The van der Waals surface area contributed by atoms with Gasteiger partial charge in [0.2, 0.25) is 0 Å². The number of nitrogens with one attached hydrogen (secondary N) is 1. The molecule has 0 spiro atoms. The zero-order chi connectivity index (χ0) is 10.9. The molecule has 2 heteroatoms. The standard InChI is InChI=1S/C13H28N2/c1-3-4-8-11-15(2)12-13-9-6-5-7-10-14-13/h13-14H,3-12H2,1-2H3. The van der Waals surface area contributed by atoms with Crippen molar-refractivity contribution in [2.45, 2.75) is 57.9 Å². The van der Waals surface area contributed by atoms with E-state index in [1.165, 1.54) is 64.6 Å². The molecule has 0 radical (unpaired) electrons. The third-order valence-electron chi connectivity index (χ3n) is 3.34. The van der Waals surface area contributed by atoms with Crippen LogP contribution in [-0.2, 0) is 0 Å². The molecule has 15 heavy (non-hydrogen) atoms. The van der Waals surface area contributed by atoms with Crippen LogP contribution in [-0.4, -0.2) is 37.6 Å². The van der Waals surface area contributed by atoms with Crippen LogP contribution in [0.5, 0.6) is 0 Å². The second-order valence-electron chi connectivity index (χ2n) is 4.97. The quantitative estimate of drug-likeness (QED) is 0.681. The second-order valence-corrected chi connectivity index (χ2v) is 4.97. The van der Waals surface area contributed by atoms with E-state index < -0.39 is 0 Å². The Balaban J connectivity index is 2.09. The predicted octanol–water partition coefficient (Wildman–Crippen LogP) is 2.64. The van der Waals surface area contributed by atoms with E-state index in [0.29, 0.717) is 0 Å². The fourth-order valence-corrected chi connectivity index (χ4v) is 2.36. The summed E-state index contributed by atoms with van der Waals surface area (Å²) in [5.74, 6) is 0. The normalized spacial score (nSPS) is 23.0. The molecule has 0 aromatic rings. The van der Waals surface area contributed by atoms with Crippen molar-refractivity contribution < 1.29 is 0 Å². The first kappa shape index (κ1) is 13.0. The highest BCUT2D eigenvalue weighted by Crippen LogP contribution is 2.09. The summed E-state index contributed by atoms with van der Waals surface area (Å²) in [6.07, 6.45) is 9.65. The van der Waals surface area contributed by atoms with Gasteiger partial charge in [0.1, 0.15) is 0 Å². The summed E-state index contributed by atoms with van der Waals surface area (Å²) in [5, 5.41) is 3.66. The topological polar surface area (TPSA) is 15.3 Å². The van der Waals surface area contributed by atoms with Gasteiger partial charge in [-0.15, -0.1) is 0 Å². The summed E-state index contributed by atoms with van der Waals surface area (Å²) < 4.78 is 0. The Bertz CT molecular complexity index is 139. The van der Waals surface area contributed by atoms with Crippen molar-refractivity contribution in [3.8, 4) is 0 Å². The highest BCUT2D eigenvalue weighted by molar-refractivity contribution is 4.73. The Kier molecular flexibility index (Phi) is 7.03. The highest BCUT2D eigenvalue weighted by Gasteiger charge is 2.12. The van der Waals surface area contributed by atoms with Crippen LogP contribution in [0.4, 0.5) is 0 Å². The van der Waals surface area contributed by atoms with Crippen LogP contribution in [0.1, 0.15) is 51.9 Å². The van der Waals surface area contributed by atoms with Gasteiger partial charge in [0, 0.05) is 12.6 Å². The molecule has 1 atom stereocenters. The van der Waals surface area contributed by atoms with Crippen molar-refractivity contribution >= 4 is 0 Å². The van der Waals surface area contributed by atoms with E-state index in [-0.39, 0.29) is 0 Å². The molecule has 1 rings (SSSR count). The molecule has 1 unspecified atom stereocenters. The number of likely N-dealkylation sites (N-methyl/N-ethyl adjacent to an activating group) is 1. The van der Waals surface area contributed by atoms with Gasteiger partial charge >= 0.3 is 0 Å². The zero-order valence-corrected chi connectivity index (χ0v) is 10.6. The average Bonchev–Trinajstić information content (AvgIpc) is 2.47. The maximum Gasteiger partial charge on any atom is 0.0194 e. The Morgan fingerprint density at radius 2 is 2.07 bits per heavy atom. The summed E-state index contributed by atoms with van der Waals surface area (Å²) >= 11 is 0.